The van der Waals surface area contributed by atoms with Crippen molar-refractivity contribution in [2.45, 2.75) is 24.7 Å². The van der Waals surface area contributed by atoms with Crippen molar-refractivity contribution in [2.24, 2.45) is 0 Å². The molecule has 0 atom stereocenters. The summed E-state index contributed by atoms with van der Waals surface area (Å²) in [6.45, 7) is 4.73. The van der Waals surface area contributed by atoms with Crippen LogP contribution in [0.15, 0.2) is 243 Å². The van der Waals surface area contributed by atoms with Gasteiger partial charge in [0.25, 0.3) is 0 Å². The highest BCUT2D eigenvalue weighted by Crippen LogP contribution is 2.64. The largest absolute Gasteiger partial charge is 0.310 e. The molecule has 2 heteroatoms. The van der Waals surface area contributed by atoms with Gasteiger partial charge in [0.2, 0.25) is 0 Å². The van der Waals surface area contributed by atoms with E-state index in [9.17, 15) is 0 Å². The van der Waals surface area contributed by atoms with Crippen molar-refractivity contribution in [3.8, 4) is 44.5 Å². The highest BCUT2D eigenvalue weighted by Gasteiger charge is 2.51. The summed E-state index contributed by atoms with van der Waals surface area (Å²) in [5.41, 5.74) is 24.2. The van der Waals surface area contributed by atoms with Gasteiger partial charge in [-0.2, -0.15) is 0 Å². The fourth-order valence-corrected chi connectivity index (χ4v) is 11.7. The molecule has 3 aliphatic rings. The molecule has 1 aliphatic heterocycles. The van der Waals surface area contributed by atoms with Crippen LogP contribution in [0.25, 0.3) is 44.5 Å². The lowest BCUT2D eigenvalue weighted by atomic mass is 9.64. The average Bonchev–Trinajstić information content (AvgIpc) is 3.80. The Morgan fingerprint density at radius 2 is 0.803 bits per heavy atom. The molecule has 0 unspecified atom stereocenters. The number of anilines is 6. The Kier molecular flexibility index (Phi) is 8.51. The van der Waals surface area contributed by atoms with E-state index in [1.54, 1.807) is 0 Å². The van der Waals surface area contributed by atoms with Crippen molar-refractivity contribution in [2.75, 3.05) is 9.80 Å². The molecule has 2 aliphatic carbocycles. The fraction of sp³-hybridized carbons (Fsp3) is 0.0625. The van der Waals surface area contributed by atoms with Crippen LogP contribution < -0.4 is 9.80 Å². The third kappa shape index (κ3) is 5.48. The zero-order valence-electron chi connectivity index (χ0n) is 37.0. The van der Waals surface area contributed by atoms with E-state index < -0.39 is 5.41 Å². The minimum atomic E-state index is -0.510. The molecule has 0 saturated heterocycles. The monoisotopic (exact) mass is 842 g/mol. The molecule has 10 aromatic rings. The first-order valence-electron chi connectivity index (χ1n) is 23.1. The lowest BCUT2D eigenvalue weighted by molar-refractivity contribution is 0.660. The third-order valence-electron chi connectivity index (χ3n) is 14.7. The Labute approximate surface area is 387 Å². The summed E-state index contributed by atoms with van der Waals surface area (Å²) in [5, 5.41) is 0. The van der Waals surface area contributed by atoms with Gasteiger partial charge in [-0.25, -0.2) is 0 Å². The van der Waals surface area contributed by atoms with E-state index in [4.69, 9.17) is 0 Å². The molecule has 0 fully saturated rings. The molecule has 13 rings (SSSR count). The number of rotatable bonds is 6. The van der Waals surface area contributed by atoms with E-state index in [1.807, 2.05) is 0 Å². The summed E-state index contributed by atoms with van der Waals surface area (Å²) in [7, 11) is 0. The first-order chi connectivity index (χ1) is 32.5. The zero-order valence-corrected chi connectivity index (χ0v) is 37.0. The molecule has 0 aromatic heterocycles. The second-order valence-corrected chi connectivity index (χ2v) is 18.4. The van der Waals surface area contributed by atoms with Gasteiger partial charge in [0, 0.05) is 28.0 Å². The quantitative estimate of drug-likeness (QED) is 0.165. The van der Waals surface area contributed by atoms with Crippen LogP contribution >= 0.6 is 0 Å². The summed E-state index contributed by atoms with van der Waals surface area (Å²) < 4.78 is 0. The molecule has 1 spiro atoms. The maximum Gasteiger partial charge on any atom is 0.0754 e. The topological polar surface area (TPSA) is 6.48 Å². The molecule has 0 N–H and O–H groups in total. The molecule has 10 aromatic carbocycles. The van der Waals surface area contributed by atoms with Gasteiger partial charge in [-0.3, -0.25) is 0 Å². The van der Waals surface area contributed by atoms with Crippen LogP contribution in [0.4, 0.5) is 34.1 Å². The van der Waals surface area contributed by atoms with Crippen molar-refractivity contribution in [3.05, 3.63) is 276 Å². The van der Waals surface area contributed by atoms with Crippen LogP contribution in [-0.4, -0.2) is 0 Å². The van der Waals surface area contributed by atoms with E-state index >= 15 is 0 Å². The van der Waals surface area contributed by atoms with Gasteiger partial charge in [0.1, 0.15) is 0 Å². The molecule has 66 heavy (non-hydrogen) atoms. The van der Waals surface area contributed by atoms with E-state index in [-0.39, 0.29) is 5.41 Å². The number of benzene rings is 10. The molecule has 2 nitrogen and oxygen atoms in total. The predicted octanol–water partition coefficient (Wildman–Crippen LogP) is 16.9. The highest BCUT2D eigenvalue weighted by atomic mass is 15.2. The number of hydrogen-bond acceptors (Lipinski definition) is 2. The molecular formula is C64H46N2. The number of nitrogens with zero attached hydrogens (tertiary/aromatic N) is 2. The molecule has 1 heterocycles. The summed E-state index contributed by atoms with van der Waals surface area (Å²) in [4.78, 5) is 4.92. The zero-order chi connectivity index (χ0) is 44.0. The summed E-state index contributed by atoms with van der Waals surface area (Å²) >= 11 is 0. The maximum absolute atomic E-state index is 2.47. The fourth-order valence-electron chi connectivity index (χ4n) is 11.7. The van der Waals surface area contributed by atoms with Gasteiger partial charge >= 0.3 is 0 Å². The first kappa shape index (κ1) is 38.3. The minimum Gasteiger partial charge on any atom is -0.310 e. The Morgan fingerprint density at radius 1 is 0.318 bits per heavy atom. The van der Waals surface area contributed by atoms with Gasteiger partial charge in [0.15, 0.2) is 0 Å². The second-order valence-electron chi connectivity index (χ2n) is 18.4. The van der Waals surface area contributed by atoms with Gasteiger partial charge in [-0.1, -0.05) is 196 Å². The lowest BCUT2D eigenvalue weighted by Crippen LogP contribution is -2.36. The highest BCUT2D eigenvalue weighted by molar-refractivity contribution is 5.98. The summed E-state index contributed by atoms with van der Waals surface area (Å²) in [6.07, 6.45) is 0. The number of para-hydroxylation sites is 4. The van der Waals surface area contributed by atoms with Crippen LogP contribution in [-0.2, 0) is 10.8 Å². The normalized spacial score (nSPS) is 14.1. The molecule has 0 amide bonds. The molecule has 0 bridgehead atoms. The van der Waals surface area contributed by atoms with Gasteiger partial charge in [-0.05, 0) is 133 Å². The summed E-state index contributed by atoms with van der Waals surface area (Å²) in [5.74, 6) is 0. The SMILES string of the molecule is CC1(C)c2ccccc2-c2ccc(N(c3ccc(-c4ccccc4)cc3)c3ccccc3-c3ccc4c(c3)-c3ccccc3C43c4ccccc4N(c4ccccc4)c4ccccc43)cc21. The molecule has 0 saturated carbocycles. The summed E-state index contributed by atoms with van der Waals surface area (Å²) in [6, 6.07) is 90.0. The molecule has 312 valence electrons. The van der Waals surface area contributed by atoms with Crippen molar-refractivity contribution in [3.63, 3.8) is 0 Å². The number of fused-ring (bicyclic) bond motifs is 12. The third-order valence-corrected chi connectivity index (χ3v) is 14.7. The Hall–Kier alpha value is -8.20. The van der Waals surface area contributed by atoms with Gasteiger partial charge in [-0.15, -0.1) is 0 Å². The standard InChI is InChI=1S/C64H46N2/c1-63(2)54-26-12-9-24-50(54)52-39-38-48(42-59(52)63)65(47-36-33-44(34-37-47)43-19-5-3-6-20-43)60-30-16-11-23-49(60)45-35-40-56-53(41-45)51-25-10-13-27-55(51)64(56)57-28-14-17-31-61(57)66(46-21-7-4-8-22-46)62-32-18-15-29-58(62)64/h3-42H,1-2H3. The van der Waals surface area contributed by atoms with Crippen LogP contribution in [0.2, 0.25) is 0 Å². The van der Waals surface area contributed by atoms with Gasteiger partial charge < -0.3 is 9.80 Å². The van der Waals surface area contributed by atoms with Crippen molar-refractivity contribution < 1.29 is 0 Å². The van der Waals surface area contributed by atoms with E-state index in [1.165, 1.54) is 89.3 Å². The smallest absolute Gasteiger partial charge is 0.0754 e. The van der Waals surface area contributed by atoms with Crippen LogP contribution in [0.3, 0.4) is 0 Å². The van der Waals surface area contributed by atoms with Crippen molar-refractivity contribution in [1.82, 2.24) is 0 Å². The average molecular weight is 843 g/mol. The number of hydrogen-bond donors (Lipinski definition) is 0. The Balaban J connectivity index is 1.00. The van der Waals surface area contributed by atoms with Crippen molar-refractivity contribution >= 4 is 34.1 Å². The Morgan fingerprint density at radius 3 is 1.50 bits per heavy atom. The molecular weight excluding hydrogens is 797 g/mol. The van der Waals surface area contributed by atoms with Crippen LogP contribution in [0.5, 0.6) is 0 Å². The first-order valence-corrected chi connectivity index (χ1v) is 23.1. The van der Waals surface area contributed by atoms with E-state index in [0.29, 0.717) is 0 Å². The molecule has 0 radical (unpaired) electrons. The van der Waals surface area contributed by atoms with Gasteiger partial charge in [0.05, 0.1) is 22.5 Å². The van der Waals surface area contributed by atoms with Crippen molar-refractivity contribution in [1.29, 1.82) is 0 Å². The van der Waals surface area contributed by atoms with Crippen LogP contribution in [0, 0.1) is 0 Å². The predicted molar refractivity (Wildman–Crippen MR) is 275 cm³/mol. The second kappa shape index (κ2) is 14.7. The lowest BCUT2D eigenvalue weighted by Gasteiger charge is -2.45. The Bertz CT molecular complexity index is 3460. The van der Waals surface area contributed by atoms with E-state index in [0.717, 1.165) is 22.7 Å². The maximum atomic E-state index is 2.47. The van der Waals surface area contributed by atoms with Crippen LogP contribution in [0.1, 0.15) is 47.2 Å². The minimum absolute atomic E-state index is 0.137. The van der Waals surface area contributed by atoms with E-state index in [2.05, 4.69) is 266 Å².